The molecule has 0 aliphatic carbocycles. The number of ketones is 1. The second kappa shape index (κ2) is 5.53. The first-order chi connectivity index (χ1) is 9.11. The van der Waals surface area contributed by atoms with Gasteiger partial charge in [-0.3, -0.25) is 9.59 Å². The number of carbonyl (C=O) groups excluding carboxylic acids is 2. The first-order valence-electron chi connectivity index (χ1n) is 6.18. The lowest BCUT2D eigenvalue weighted by atomic mass is 10.1. The Balaban J connectivity index is 2.43. The van der Waals surface area contributed by atoms with Gasteiger partial charge in [0.25, 0.3) is 0 Å². The number of amides is 1. The van der Waals surface area contributed by atoms with Crippen molar-refractivity contribution in [3.63, 3.8) is 0 Å². The minimum atomic E-state index is -0.0656. The molecule has 0 spiro atoms. The summed E-state index contributed by atoms with van der Waals surface area (Å²) < 4.78 is 0. The van der Waals surface area contributed by atoms with Gasteiger partial charge >= 0.3 is 0 Å². The highest BCUT2D eigenvalue weighted by atomic mass is 16.2. The van der Waals surface area contributed by atoms with Crippen molar-refractivity contribution < 1.29 is 9.59 Å². The summed E-state index contributed by atoms with van der Waals surface area (Å²) in [4.78, 5) is 25.1. The first kappa shape index (κ1) is 13.1. The Bertz CT molecular complexity index is 560. The fourth-order valence-corrected chi connectivity index (χ4v) is 2.17. The summed E-state index contributed by atoms with van der Waals surface area (Å²) in [6.45, 7) is 3.04. The van der Waals surface area contributed by atoms with Gasteiger partial charge in [0.15, 0.2) is 5.78 Å². The Hall–Kier alpha value is -2.35. The molecule has 0 radical (unpaired) electrons. The van der Waals surface area contributed by atoms with Crippen LogP contribution in [0.25, 0.3) is 0 Å². The third-order valence-electron chi connectivity index (χ3n) is 3.11. The van der Waals surface area contributed by atoms with Crippen molar-refractivity contribution >= 4 is 17.4 Å². The van der Waals surface area contributed by atoms with Gasteiger partial charge in [-0.15, -0.1) is 0 Å². The zero-order valence-corrected chi connectivity index (χ0v) is 10.8. The number of nitriles is 1. The van der Waals surface area contributed by atoms with Gasteiger partial charge in [-0.2, -0.15) is 5.26 Å². The van der Waals surface area contributed by atoms with Gasteiger partial charge < -0.3 is 10.2 Å². The van der Waals surface area contributed by atoms with Gasteiger partial charge in [-0.1, -0.05) is 0 Å². The lowest BCUT2D eigenvalue weighted by molar-refractivity contribution is -0.119. The third-order valence-corrected chi connectivity index (χ3v) is 3.11. The molecule has 0 unspecified atom stereocenters. The topological polar surface area (TPSA) is 73.2 Å². The van der Waals surface area contributed by atoms with Crippen molar-refractivity contribution in [3.8, 4) is 6.07 Å². The monoisotopic (exact) mass is 257 g/mol. The molecule has 2 rings (SSSR count). The fraction of sp³-hybridized carbons (Fsp3) is 0.357. The van der Waals surface area contributed by atoms with Crippen LogP contribution in [0.3, 0.4) is 0 Å². The number of anilines is 1. The van der Waals surface area contributed by atoms with Crippen molar-refractivity contribution in [1.82, 2.24) is 5.32 Å². The van der Waals surface area contributed by atoms with Gasteiger partial charge in [0.1, 0.15) is 0 Å². The molecule has 5 nitrogen and oxygen atoms in total. The number of carbonyl (C=O) groups is 2. The second-order valence-electron chi connectivity index (χ2n) is 4.52. The Labute approximate surface area is 111 Å². The molecule has 1 saturated heterocycles. The molecule has 0 saturated carbocycles. The molecule has 1 N–H and O–H groups in total. The standard InChI is InChI=1S/C14H15N3O2/c1-10(18)12-4-3-11(8-15)7-13(12)17-6-2-5-16-14(19)9-17/h3-4,7H,2,5-6,9H2,1H3,(H,16,19). The van der Waals surface area contributed by atoms with E-state index in [1.165, 1.54) is 6.92 Å². The van der Waals surface area contributed by atoms with Gasteiger partial charge in [0.05, 0.1) is 18.2 Å². The van der Waals surface area contributed by atoms with Crippen LogP contribution in [0.5, 0.6) is 0 Å². The van der Waals surface area contributed by atoms with Crippen molar-refractivity contribution in [2.75, 3.05) is 24.5 Å². The van der Waals surface area contributed by atoms with Crippen LogP contribution in [0.1, 0.15) is 29.3 Å². The van der Waals surface area contributed by atoms with Crippen LogP contribution in [0.15, 0.2) is 18.2 Å². The number of hydrogen-bond acceptors (Lipinski definition) is 4. The summed E-state index contributed by atoms with van der Waals surface area (Å²) in [5.74, 6) is -0.126. The van der Waals surface area contributed by atoms with E-state index in [1.807, 2.05) is 4.90 Å². The summed E-state index contributed by atoms with van der Waals surface area (Å²) in [6, 6.07) is 7.01. The number of rotatable bonds is 2. The summed E-state index contributed by atoms with van der Waals surface area (Å²) in [6.07, 6.45) is 0.819. The van der Waals surface area contributed by atoms with Crippen molar-refractivity contribution in [1.29, 1.82) is 5.26 Å². The van der Waals surface area contributed by atoms with E-state index in [0.717, 1.165) is 6.42 Å². The Morgan fingerprint density at radius 2 is 2.26 bits per heavy atom. The van der Waals surface area contributed by atoms with E-state index in [1.54, 1.807) is 18.2 Å². The second-order valence-corrected chi connectivity index (χ2v) is 4.52. The summed E-state index contributed by atoms with van der Waals surface area (Å²) in [5.41, 5.74) is 1.71. The fourth-order valence-electron chi connectivity index (χ4n) is 2.17. The van der Waals surface area contributed by atoms with E-state index in [0.29, 0.717) is 29.9 Å². The quantitative estimate of drug-likeness (QED) is 0.805. The molecule has 19 heavy (non-hydrogen) atoms. The molecule has 1 aliphatic heterocycles. The molecule has 1 aliphatic rings. The summed E-state index contributed by atoms with van der Waals surface area (Å²) in [5, 5.41) is 11.8. The van der Waals surface area contributed by atoms with Crippen LogP contribution < -0.4 is 10.2 Å². The molecule has 1 fully saturated rings. The predicted molar refractivity (Wildman–Crippen MR) is 71.0 cm³/mol. The molecule has 0 bridgehead atoms. The molecular weight excluding hydrogens is 242 g/mol. The Morgan fingerprint density at radius 3 is 2.95 bits per heavy atom. The molecule has 1 aromatic carbocycles. The van der Waals surface area contributed by atoms with Crippen LogP contribution in [0.2, 0.25) is 0 Å². The van der Waals surface area contributed by atoms with Crippen LogP contribution >= 0.6 is 0 Å². The average Bonchev–Trinajstić information content (AvgIpc) is 2.62. The highest BCUT2D eigenvalue weighted by Gasteiger charge is 2.19. The minimum absolute atomic E-state index is 0.0608. The number of nitrogens with one attached hydrogen (secondary N) is 1. The maximum atomic E-state index is 11.7. The summed E-state index contributed by atoms with van der Waals surface area (Å²) >= 11 is 0. The molecule has 5 heteroatoms. The number of hydrogen-bond donors (Lipinski definition) is 1. The lowest BCUT2D eigenvalue weighted by Crippen LogP contribution is -2.33. The van der Waals surface area contributed by atoms with E-state index in [4.69, 9.17) is 5.26 Å². The van der Waals surface area contributed by atoms with Crippen molar-refractivity contribution in [2.45, 2.75) is 13.3 Å². The van der Waals surface area contributed by atoms with Crippen LogP contribution in [-0.2, 0) is 4.79 Å². The van der Waals surface area contributed by atoms with E-state index >= 15 is 0 Å². The smallest absolute Gasteiger partial charge is 0.239 e. The number of Topliss-reactive ketones (excluding diaryl/α,β-unsaturated/α-hetero) is 1. The van der Waals surface area contributed by atoms with Crippen LogP contribution in [0.4, 0.5) is 5.69 Å². The van der Waals surface area contributed by atoms with Crippen LogP contribution in [-0.4, -0.2) is 31.3 Å². The van der Waals surface area contributed by atoms with E-state index < -0.39 is 0 Å². The molecule has 98 valence electrons. The zero-order chi connectivity index (χ0) is 13.8. The SMILES string of the molecule is CC(=O)c1ccc(C#N)cc1N1CCCNC(=O)C1. The lowest BCUT2D eigenvalue weighted by Gasteiger charge is -2.23. The molecule has 1 amide bonds. The summed E-state index contributed by atoms with van der Waals surface area (Å²) in [7, 11) is 0. The number of benzene rings is 1. The Morgan fingerprint density at radius 1 is 1.47 bits per heavy atom. The van der Waals surface area contributed by atoms with Crippen molar-refractivity contribution in [3.05, 3.63) is 29.3 Å². The zero-order valence-electron chi connectivity index (χ0n) is 10.8. The molecule has 0 aromatic heterocycles. The highest BCUT2D eigenvalue weighted by molar-refractivity contribution is 6.00. The molecular formula is C14H15N3O2. The minimum Gasteiger partial charge on any atom is -0.362 e. The van der Waals surface area contributed by atoms with E-state index in [9.17, 15) is 9.59 Å². The molecule has 1 aromatic rings. The van der Waals surface area contributed by atoms with E-state index in [2.05, 4.69) is 11.4 Å². The first-order valence-corrected chi connectivity index (χ1v) is 6.18. The third kappa shape index (κ3) is 2.91. The van der Waals surface area contributed by atoms with Gasteiger partial charge in [-0.05, 0) is 31.5 Å². The normalized spacial score (nSPS) is 15.4. The molecule has 0 atom stereocenters. The Kier molecular flexibility index (Phi) is 3.81. The average molecular weight is 257 g/mol. The highest BCUT2D eigenvalue weighted by Crippen LogP contribution is 2.23. The van der Waals surface area contributed by atoms with Crippen LogP contribution in [0, 0.1) is 11.3 Å². The van der Waals surface area contributed by atoms with Gasteiger partial charge in [-0.25, -0.2) is 0 Å². The molecule has 1 heterocycles. The van der Waals surface area contributed by atoms with E-state index in [-0.39, 0.29) is 18.2 Å². The largest absolute Gasteiger partial charge is 0.362 e. The van der Waals surface area contributed by atoms with Gasteiger partial charge in [0.2, 0.25) is 5.91 Å². The predicted octanol–water partition coefficient (Wildman–Crippen LogP) is 1.09. The maximum absolute atomic E-state index is 11.7. The maximum Gasteiger partial charge on any atom is 0.239 e. The van der Waals surface area contributed by atoms with Gasteiger partial charge in [0, 0.05) is 24.3 Å². The van der Waals surface area contributed by atoms with Crippen molar-refractivity contribution in [2.24, 2.45) is 0 Å². The number of nitrogens with zero attached hydrogens (tertiary/aromatic N) is 2.